The molecule has 0 radical (unpaired) electrons. The van der Waals surface area contributed by atoms with Gasteiger partial charge in [0.15, 0.2) is 0 Å². The standard InChI is InChI=1S/C46H31NOS/c1-3-14-31(15-4-1)47(32-16-5-2-6-17-32)41-29-39(38-23-13-22-37-34-19-9-11-24-42(34)48-46(37)38)33-18-7-8-21-36(33)45(41)30-26-27-44-40(28-30)35-20-10-12-25-43(35)49-44/h1-10,12-23,25-29H,11,24H2. The highest BCUT2D eigenvalue weighted by Gasteiger charge is 2.25. The van der Waals surface area contributed by atoms with E-state index in [4.69, 9.17) is 4.42 Å². The SMILES string of the molecule is C1=Cc2c(oc3c(-c4cc(N(c5ccccc5)c5ccccc5)c(-c5ccc6sc7ccccc7c6c5)c5ccccc45)cccc23)CC1. The molecule has 7 aromatic carbocycles. The summed E-state index contributed by atoms with van der Waals surface area (Å²) in [5.74, 6) is 1.08. The summed E-state index contributed by atoms with van der Waals surface area (Å²) in [6.07, 6.45) is 6.44. The van der Waals surface area contributed by atoms with Gasteiger partial charge < -0.3 is 9.32 Å². The molecule has 0 saturated carbocycles. The average Bonchev–Trinajstić information content (AvgIpc) is 3.74. The van der Waals surface area contributed by atoms with Crippen LogP contribution in [0.25, 0.3) is 70.2 Å². The molecule has 1 aliphatic carbocycles. The van der Waals surface area contributed by atoms with E-state index in [0.717, 1.165) is 52.4 Å². The third-order valence-electron chi connectivity index (χ3n) is 9.90. The number of benzene rings is 7. The summed E-state index contributed by atoms with van der Waals surface area (Å²) in [6, 6.07) is 55.2. The summed E-state index contributed by atoms with van der Waals surface area (Å²) in [5.41, 5.74) is 10.2. The van der Waals surface area contributed by atoms with Crippen molar-refractivity contribution < 1.29 is 4.42 Å². The van der Waals surface area contributed by atoms with Crippen LogP contribution < -0.4 is 4.90 Å². The summed E-state index contributed by atoms with van der Waals surface area (Å²) >= 11 is 1.86. The predicted molar refractivity (Wildman–Crippen MR) is 210 cm³/mol. The Hall–Kier alpha value is -5.90. The molecule has 1 aliphatic rings. The lowest BCUT2D eigenvalue weighted by molar-refractivity contribution is 0.547. The molecule has 0 amide bonds. The lowest BCUT2D eigenvalue weighted by atomic mass is 9.88. The molecule has 2 nitrogen and oxygen atoms in total. The summed E-state index contributed by atoms with van der Waals surface area (Å²) in [5, 5.41) is 6.18. The van der Waals surface area contributed by atoms with Gasteiger partial charge in [-0.1, -0.05) is 115 Å². The highest BCUT2D eigenvalue weighted by molar-refractivity contribution is 7.25. The molecular formula is C46H31NOS. The van der Waals surface area contributed by atoms with Gasteiger partial charge >= 0.3 is 0 Å². The highest BCUT2D eigenvalue weighted by Crippen LogP contribution is 2.50. The van der Waals surface area contributed by atoms with Crippen molar-refractivity contribution in [3.05, 3.63) is 169 Å². The first-order valence-corrected chi connectivity index (χ1v) is 17.7. The van der Waals surface area contributed by atoms with Gasteiger partial charge in [0.2, 0.25) is 0 Å². The first-order chi connectivity index (χ1) is 24.3. The van der Waals surface area contributed by atoms with Crippen molar-refractivity contribution in [2.75, 3.05) is 4.90 Å². The largest absolute Gasteiger partial charge is 0.460 e. The molecule has 0 N–H and O–H groups in total. The van der Waals surface area contributed by atoms with E-state index in [1.807, 2.05) is 11.3 Å². The minimum absolute atomic E-state index is 0.931. The monoisotopic (exact) mass is 645 g/mol. The van der Waals surface area contributed by atoms with Gasteiger partial charge in [-0.25, -0.2) is 0 Å². The van der Waals surface area contributed by atoms with E-state index in [9.17, 15) is 0 Å². The number of furan rings is 1. The Kier molecular flexibility index (Phi) is 6.53. The molecule has 232 valence electrons. The van der Waals surface area contributed by atoms with Crippen LogP contribution in [0.1, 0.15) is 17.7 Å². The van der Waals surface area contributed by atoms with Crippen molar-refractivity contribution >= 4 is 76.4 Å². The molecule has 0 fully saturated rings. The predicted octanol–water partition coefficient (Wildman–Crippen LogP) is 13.7. The maximum atomic E-state index is 6.73. The van der Waals surface area contributed by atoms with Gasteiger partial charge in [-0.15, -0.1) is 11.3 Å². The summed E-state index contributed by atoms with van der Waals surface area (Å²) in [7, 11) is 0. The minimum Gasteiger partial charge on any atom is -0.460 e. The Bertz CT molecular complexity index is 2680. The van der Waals surface area contributed by atoms with E-state index in [0.29, 0.717) is 0 Å². The van der Waals surface area contributed by atoms with Crippen molar-refractivity contribution in [2.24, 2.45) is 0 Å². The van der Waals surface area contributed by atoms with E-state index < -0.39 is 0 Å². The number of para-hydroxylation sites is 3. The Balaban J connectivity index is 1.33. The molecule has 2 aromatic heterocycles. The first-order valence-electron chi connectivity index (χ1n) is 16.9. The Morgan fingerprint density at radius 1 is 0.531 bits per heavy atom. The molecule has 0 bridgehead atoms. The van der Waals surface area contributed by atoms with Crippen molar-refractivity contribution in [1.82, 2.24) is 0 Å². The maximum Gasteiger partial charge on any atom is 0.142 e. The van der Waals surface area contributed by atoms with Crippen LogP contribution >= 0.6 is 11.3 Å². The summed E-state index contributed by atoms with van der Waals surface area (Å²) in [4.78, 5) is 2.41. The molecule has 3 heteroatoms. The van der Waals surface area contributed by atoms with Gasteiger partial charge in [-0.3, -0.25) is 0 Å². The molecule has 0 spiro atoms. The summed E-state index contributed by atoms with van der Waals surface area (Å²) in [6.45, 7) is 0. The normalized spacial score (nSPS) is 12.7. The van der Waals surface area contributed by atoms with Gasteiger partial charge in [0.25, 0.3) is 0 Å². The number of anilines is 3. The molecule has 49 heavy (non-hydrogen) atoms. The molecule has 0 aliphatic heterocycles. The summed E-state index contributed by atoms with van der Waals surface area (Å²) < 4.78 is 9.34. The molecule has 0 atom stereocenters. The van der Waals surface area contributed by atoms with E-state index in [1.54, 1.807) is 0 Å². The fraction of sp³-hybridized carbons (Fsp3) is 0.0435. The number of hydrogen-bond donors (Lipinski definition) is 0. The molecule has 0 unspecified atom stereocenters. The second-order valence-corrected chi connectivity index (χ2v) is 13.8. The van der Waals surface area contributed by atoms with Gasteiger partial charge in [-0.2, -0.15) is 0 Å². The van der Waals surface area contributed by atoms with Crippen LogP contribution in [0, 0.1) is 0 Å². The van der Waals surface area contributed by atoms with Crippen molar-refractivity contribution in [3.8, 4) is 22.3 Å². The maximum absolute atomic E-state index is 6.73. The number of nitrogens with zero attached hydrogens (tertiary/aromatic N) is 1. The topological polar surface area (TPSA) is 16.4 Å². The van der Waals surface area contributed by atoms with Crippen LogP contribution in [0.4, 0.5) is 17.1 Å². The zero-order chi connectivity index (χ0) is 32.3. The average molecular weight is 646 g/mol. The third-order valence-corrected chi connectivity index (χ3v) is 11.1. The number of rotatable bonds is 5. The fourth-order valence-corrected chi connectivity index (χ4v) is 8.80. The molecule has 10 rings (SSSR count). The zero-order valence-electron chi connectivity index (χ0n) is 26.8. The second-order valence-electron chi connectivity index (χ2n) is 12.7. The van der Waals surface area contributed by atoms with Gasteiger partial charge in [-0.05, 0) is 76.9 Å². The smallest absolute Gasteiger partial charge is 0.142 e. The zero-order valence-corrected chi connectivity index (χ0v) is 27.6. The van der Waals surface area contributed by atoms with Crippen LogP contribution in [-0.4, -0.2) is 0 Å². The second kappa shape index (κ2) is 11.4. The molecule has 9 aromatic rings. The van der Waals surface area contributed by atoms with E-state index in [1.165, 1.54) is 53.0 Å². The van der Waals surface area contributed by atoms with Crippen LogP contribution in [0.2, 0.25) is 0 Å². The lowest BCUT2D eigenvalue weighted by Crippen LogP contribution is -2.11. The third kappa shape index (κ3) is 4.54. The van der Waals surface area contributed by atoms with Gasteiger partial charge in [0, 0.05) is 60.0 Å². The number of thiophene rings is 1. The van der Waals surface area contributed by atoms with E-state index in [-0.39, 0.29) is 0 Å². The number of aryl methyl sites for hydroxylation is 1. The Labute approximate surface area is 288 Å². The Morgan fingerprint density at radius 3 is 2.00 bits per heavy atom. The molecule has 0 saturated heterocycles. The van der Waals surface area contributed by atoms with Crippen LogP contribution in [0.5, 0.6) is 0 Å². The first kappa shape index (κ1) is 28.1. The minimum atomic E-state index is 0.931. The van der Waals surface area contributed by atoms with Crippen molar-refractivity contribution in [3.63, 3.8) is 0 Å². The highest BCUT2D eigenvalue weighted by atomic mass is 32.1. The number of fused-ring (bicyclic) bond motifs is 7. The van der Waals surface area contributed by atoms with Gasteiger partial charge in [0.05, 0.1) is 5.69 Å². The Morgan fingerprint density at radius 2 is 1.20 bits per heavy atom. The number of allylic oxidation sites excluding steroid dienone is 1. The fourth-order valence-electron chi connectivity index (χ4n) is 7.71. The van der Waals surface area contributed by atoms with Crippen LogP contribution in [-0.2, 0) is 6.42 Å². The van der Waals surface area contributed by atoms with Crippen molar-refractivity contribution in [1.29, 1.82) is 0 Å². The van der Waals surface area contributed by atoms with Crippen LogP contribution in [0.3, 0.4) is 0 Å². The molecule has 2 heterocycles. The molecular weight excluding hydrogens is 615 g/mol. The van der Waals surface area contributed by atoms with E-state index in [2.05, 4.69) is 169 Å². The van der Waals surface area contributed by atoms with Crippen molar-refractivity contribution in [2.45, 2.75) is 12.8 Å². The van der Waals surface area contributed by atoms with Gasteiger partial charge in [0.1, 0.15) is 11.3 Å². The van der Waals surface area contributed by atoms with Crippen LogP contribution in [0.15, 0.2) is 162 Å². The lowest BCUT2D eigenvalue weighted by Gasteiger charge is -2.30. The van der Waals surface area contributed by atoms with E-state index >= 15 is 0 Å². The quantitative estimate of drug-likeness (QED) is 0.185. The number of hydrogen-bond acceptors (Lipinski definition) is 3.